The summed E-state index contributed by atoms with van der Waals surface area (Å²) in [7, 11) is -3.35. The fraction of sp³-hybridized carbons (Fsp3) is 0.250. The Labute approximate surface area is 137 Å². The van der Waals surface area contributed by atoms with Crippen molar-refractivity contribution < 1.29 is 17.2 Å². The number of nitrogens with zero attached hydrogens (tertiary/aromatic N) is 2. The highest BCUT2D eigenvalue weighted by atomic mass is 32.2. The van der Waals surface area contributed by atoms with Gasteiger partial charge in [0.05, 0.1) is 21.5 Å². The lowest BCUT2D eigenvalue weighted by atomic mass is 10.0. The highest BCUT2D eigenvalue weighted by Gasteiger charge is 2.31. The molecule has 0 saturated carbocycles. The number of aromatic amines is 1. The molecule has 3 rings (SSSR count). The Morgan fingerprint density at radius 1 is 1.21 bits per heavy atom. The van der Waals surface area contributed by atoms with Gasteiger partial charge in [0, 0.05) is 24.9 Å². The maximum absolute atomic E-state index is 13.8. The predicted octanol–water partition coefficient (Wildman–Crippen LogP) is 3.45. The van der Waals surface area contributed by atoms with E-state index in [1.807, 2.05) is 0 Å². The average molecular weight is 351 g/mol. The van der Waals surface area contributed by atoms with Gasteiger partial charge in [-0.2, -0.15) is 13.9 Å². The lowest BCUT2D eigenvalue weighted by Crippen LogP contribution is -2.08. The van der Waals surface area contributed by atoms with Crippen molar-refractivity contribution in [1.29, 1.82) is 0 Å². The van der Waals surface area contributed by atoms with E-state index in [-0.39, 0.29) is 16.0 Å². The zero-order chi connectivity index (χ0) is 17.7. The Balaban J connectivity index is 2.28. The van der Waals surface area contributed by atoms with E-state index < -0.39 is 15.8 Å². The van der Waals surface area contributed by atoms with Crippen molar-refractivity contribution in [2.75, 3.05) is 6.26 Å². The second kappa shape index (κ2) is 5.34. The smallest absolute Gasteiger partial charge is 0.275 e. The van der Waals surface area contributed by atoms with Crippen molar-refractivity contribution in [3.05, 3.63) is 41.7 Å². The third kappa shape index (κ3) is 2.77. The van der Waals surface area contributed by atoms with Crippen LogP contribution in [0.25, 0.3) is 22.2 Å². The molecule has 3 aromatic rings. The molecule has 8 heteroatoms. The van der Waals surface area contributed by atoms with Crippen molar-refractivity contribution in [1.82, 2.24) is 15.2 Å². The zero-order valence-electron chi connectivity index (χ0n) is 13.3. The fourth-order valence-corrected chi connectivity index (χ4v) is 3.67. The van der Waals surface area contributed by atoms with Gasteiger partial charge in [-0.05, 0) is 30.7 Å². The van der Waals surface area contributed by atoms with Crippen LogP contribution in [0.5, 0.6) is 0 Å². The molecule has 0 spiro atoms. The summed E-state index contributed by atoms with van der Waals surface area (Å²) in [5, 5.41) is 6.52. The zero-order valence-corrected chi connectivity index (χ0v) is 14.1. The van der Waals surface area contributed by atoms with E-state index in [4.69, 9.17) is 0 Å². The quantitative estimate of drug-likeness (QED) is 0.784. The van der Waals surface area contributed by atoms with Gasteiger partial charge in [0.15, 0.2) is 9.84 Å². The highest BCUT2D eigenvalue weighted by molar-refractivity contribution is 7.90. The van der Waals surface area contributed by atoms with Gasteiger partial charge in [-0.1, -0.05) is 6.07 Å². The number of hydrogen-bond acceptors (Lipinski definition) is 4. The molecule has 0 atom stereocenters. The van der Waals surface area contributed by atoms with Gasteiger partial charge >= 0.3 is 0 Å². The van der Waals surface area contributed by atoms with Crippen LogP contribution in [0.3, 0.4) is 0 Å². The molecular weight excluding hydrogens is 336 g/mol. The topological polar surface area (TPSA) is 75.7 Å². The largest absolute Gasteiger partial charge is 0.287 e. The number of aromatic nitrogens is 3. The van der Waals surface area contributed by atoms with Gasteiger partial charge < -0.3 is 0 Å². The van der Waals surface area contributed by atoms with Crippen LogP contribution >= 0.6 is 0 Å². The molecule has 126 valence electrons. The number of benzene rings is 1. The minimum Gasteiger partial charge on any atom is -0.275 e. The molecule has 0 radical (unpaired) electrons. The normalized spacial score (nSPS) is 12.7. The number of H-pyrrole nitrogens is 1. The Morgan fingerprint density at radius 3 is 2.50 bits per heavy atom. The molecule has 2 heterocycles. The number of alkyl halides is 2. The second-order valence-corrected chi connectivity index (χ2v) is 7.78. The van der Waals surface area contributed by atoms with Crippen molar-refractivity contribution in [2.45, 2.75) is 24.7 Å². The minimum atomic E-state index is -3.35. The lowest BCUT2D eigenvalue weighted by molar-refractivity contribution is 0.0142. The molecule has 5 nitrogen and oxygen atoms in total. The summed E-state index contributed by atoms with van der Waals surface area (Å²) in [6, 6.07) is 6.20. The summed E-state index contributed by atoms with van der Waals surface area (Å²) in [6.07, 6.45) is 2.61. The first-order valence-electron chi connectivity index (χ1n) is 7.11. The first-order chi connectivity index (χ1) is 11.1. The predicted molar refractivity (Wildman–Crippen MR) is 86.7 cm³/mol. The number of pyridine rings is 1. The molecule has 1 N–H and O–H groups in total. The maximum Gasteiger partial charge on any atom is 0.287 e. The Morgan fingerprint density at radius 2 is 1.92 bits per heavy atom. The Kier molecular flexibility index (Phi) is 3.67. The van der Waals surface area contributed by atoms with E-state index in [0.717, 1.165) is 13.2 Å². The summed E-state index contributed by atoms with van der Waals surface area (Å²) >= 11 is 0. The summed E-state index contributed by atoms with van der Waals surface area (Å²) in [4.78, 5) is 4.41. The van der Waals surface area contributed by atoms with E-state index in [1.54, 1.807) is 25.1 Å². The van der Waals surface area contributed by atoms with Gasteiger partial charge in [0.1, 0.15) is 5.69 Å². The molecule has 0 aliphatic carbocycles. The van der Waals surface area contributed by atoms with Gasteiger partial charge in [-0.15, -0.1) is 0 Å². The third-order valence-electron chi connectivity index (χ3n) is 3.75. The lowest BCUT2D eigenvalue weighted by Gasteiger charge is -2.11. The summed E-state index contributed by atoms with van der Waals surface area (Å²) < 4.78 is 51.1. The number of fused-ring (bicyclic) bond motifs is 1. The molecule has 2 aromatic heterocycles. The monoisotopic (exact) mass is 351 g/mol. The first kappa shape index (κ1) is 16.5. The van der Waals surface area contributed by atoms with Crippen LogP contribution in [-0.4, -0.2) is 29.9 Å². The van der Waals surface area contributed by atoms with Crippen LogP contribution in [0.15, 0.2) is 35.4 Å². The summed E-state index contributed by atoms with van der Waals surface area (Å²) in [5.74, 6) is -3.10. The average Bonchev–Trinajstić information content (AvgIpc) is 2.89. The molecule has 0 amide bonds. The number of nitrogens with one attached hydrogen (secondary N) is 1. The first-order valence-corrected chi connectivity index (χ1v) is 9.00. The Hall–Kier alpha value is -2.35. The van der Waals surface area contributed by atoms with Crippen LogP contribution in [0.1, 0.15) is 18.2 Å². The van der Waals surface area contributed by atoms with E-state index in [1.165, 1.54) is 12.3 Å². The van der Waals surface area contributed by atoms with Crippen molar-refractivity contribution >= 4 is 20.7 Å². The summed E-state index contributed by atoms with van der Waals surface area (Å²) in [6.45, 7) is 2.44. The van der Waals surface area contributed by atoms with Gasteiger partial charge in [-0.25, -0.2) is 8.42 Å². The molecular formula is C16H15F2N3O2S. The third-order valence-corrected chi connectivity index (χ3v) is 5.01. The van der Waals surface area contributed by atoms with Crippen molar-refractivity contribution in [2.24, 2.45) is 0 Å². The molecule has 1 aromatic carbocycles. The number of sulfone groups is 1. The minimum absolute atomic E-state index is 0.201. The SMILES string of the molecule is Cc1cc(-c2nccc3n[nH]c(C(C)(F)F)c23)ccc1S(C)(=O)=O. The van der Waals surface area contributed by atoms with Crippen molar-refractivity contribution in [3.63, 3.8) is 0 Å². The van der Waals surface area contributed by atoms with Crippen molar-refractivity contribution in [3.8, 4) is 11.3 Å². The number of rotatable bonds is 3. The van der Waals surface area contributed by atoms with E-state index in [0.29, 0.717) is 22.3 Å². The number of hydrogen-bond donors (Lipinski definition) is 1. The maximum atomic E-state index is 13.8. The summed E-state index contributed by atoms with van der Waals surface area (Å²) in [5.41, 5.74) is 1.48. The van der Waals surface area contributed by atoms with E-state index in [2.05, 4.69) is 15.2 Å². The number of halogens is 2. The molecule has 24 heavy (non-hydrogen) atoms. The van der Waals surface area contributed by atoms with E-state index in [9.17, 15) is 17.2 Å². The van der Waals surface area contributed by atoms with Gasteiger partial charge in [0.2, 0.25) is 0 Å². The molecule has 0 aliphatic rings. The van der Waals surface area contributed by atoms with Gasteiger partial charge in [0.25, 0.3) is 5.92 Å². The van der Waals surface area contributed by atoms with Crippen LogP contribution in [0, 0.1) is 6.92 Å². The molecule has 0 bridgehead atoms. The van der Waals surface area contributed by atoms with Crippen LogP contribution < -0.4 is 0 Å². The second-order valence-electron chi connectivity index (χ2n) is 5.79. The van der Waals surface area contributed by atoms with Crippen LogP contribution in [0.4, 0.5) is 8.78 Å². The standard InChI is InChI=1S/C16H15F2N3O2S/c1-9-8-10(4-5-12(9)24(3,22)23)14-13-11(6-7-19-14)20-21-15(13)16(2,17)18/h4-8H,1-3H3,(H,20,21). The fourth-order valence-electron chi connectivity index (χ4n) is 2.71. The molecule has 0 unspecified atom stereocenters. The molecule has 0 saturated heterocycles. The van der Waals surface area contributed by atoms with Gasteiger partial charge in [-0.3, -0.25) is 10.1 Å². The number of aryl methyl sites for hydroxylation is 1. The van der Waals surface area contributed by atoms with E-state index >= 15 is 0 Å². The molecule has 0 fully saturated rings. The van der Waals surface area contributed by atoms with Crippen LogP contribution in [0.2, 0.25) is 0 Å². The van der Waals surface area contributed by atoms with Crippen LogP contribution in [-0.2, 0) is 15.8 Å². The highest BCUT2D eigenvalue weighted by Crippen LogP contribution is 2.36. The molecule has 0 aliphatic heterocycles. The Bertz CT molecular complexity index is 1040.